The van der Waals surface area contributed by atoms with E-state index in [2.05, 4.69) is 23.0 Å². The van der Waals surface area contributed by atoms with Crippen LogP contribution in [0.1, 0.15) is 18.1 Å². The molecule has 3 heteroatoms. The first kappa shape index (κ1) is 7.81. The molecule has 0 saturated carbocycles. The van der Waals surface area contributed by atoms with Crippen molar-refractivity contribution in [2.75, 3.05) is 0 Å². The molecule has 0 radical (unpaired) electrons. The van der Waals surface area contributed by atoms with E-state index in [0.29, 0.717) is 5.56 Å². The summed E-state index contributed by atoms with van der Waals surface area (Å²) in [4.78, 5) is 7.17. The highest BCUT2D eigenvalue weighted by atomic mass is 14.8. The Morgan fingerprint density at radius 2 is 2.46 bits per heavy atom. The summed E-state index contributed by atoms with van der Waals surface area (Å²) >= 11 is 0. The summed E-state index contributed by atoms with van der Waals surface area (Å²) < 4.78 is 0. The minimum atomic E-state index is 0.665. The molecule has 0 aromatic carbocycles. The van der Waals surface area contributed by atoms with Crippen molar-refractivity contribution in [3.8, 4) is 6.07 Å². The molecule has 0 unspecified atom stereocenters. The van der Waals surface area contributed by atoms with Crippen LogP contribution < -0.4 is 0 Å². The van der Waals surface area contributed by atoms with Crippen molar-refractivity contribution < 1.29 is 0 Å². The molecule has 1 N–H and O–H groups in total. The molecule has 2 rings (SSSR count). The first-order valence-electron chi connectivity index (χ1n) is 4.21. The van der Waals surface area contributed by atoms with Crippen molar-refractivity contribution >= 4 is 11.0 Å². The Morgan fingerprint density at radius 3 is 3.15 bits per heavy atom. The Bertz CT molecular complexity index is 476. The van der Waals surface area contributed by atoms with Crippen LogP contribution in [0.2, 0.25) is 0 Å². The number of nitrogens with zero attached hydrogens (tertiary/aromatic N) is 2. The molecule has 2 aromatic heterocycles. The van der Waals surface area contributed by atoms with Gasteiger partial charge in [0.15, 0.2) is 0 Å². The lowest BCUT2D eigenvalue weighted by atomic mass is 10.1. The summed E-state index contributed by atoms with van der Waals surface area (Å²) in [6.45, 7) is 2.07. The molecule has 0 saturated heterocycles. The Hall–Kier alpha value is -1.82. The van der Waals surface area contributed by atoms with E-state index in [1.807, 2.05) is 12.3 Å². The quantitative estimate of drug-likeness (QED) is 0.713. The van der Waals surface area contributed by atoms with Crippen LogP contribution >= 0.6 is 0 Å². The van der Waals surface area contributed by atoms with Crippen molar-refractivity contribution in [3.63, 3.8) is 0 Å². The van der Waals surface area contributed by atoms with E-state index in [1.54, 1.807) is 6.20 Å². The fourth-order valence-electron chi connectivity index (χ4n) is 1.33. The van der Waals surface area contributed by atoms with Gasteiger partial charge in [-0.3, -0.25) is 0 Å². The van der Waals surface area contributed by atoms with E-state index >= 15 is 0 Å². The second kappa shape index (κ2) is 2.91. The minimum Gasteiger partial charge on any atom is -0.345 e. The molecule has 2 heterocycles. The lowest BCUT2D eigenvalue weighted by Crippen LogP contribution is -1.83. The van der Waals surface area contributed by atoms with Crippen LogP contribution in [0.5, 0.6) is 0 Å². The van der Waals surface area contributed by atoms with E-state index in [4.69, 9.17) is 5.26 Å². The molecule has 0 bridgehead atoms. The number of hydrogen-bond acceptors (Lipinski definition) is 2. The predicted octanol–water partition coefficient (Wildman–Crippen LogP) is 2.00. The van der Waals surface area contributed by atoms with Crippen LogP contribution in [0.15, 0.2) is 18.5 Å². The third-order valence-electron chi connectivity index (χ3n) is 2.12. The van der Waals surface area contributed by atoms with Gasteiger partial charge in [0.05, 0.1) is 5.56 Å². The summed E-state index contributed by atoms with van der Waals surface area (Å²) in [6.07, 6.45) is 4.47. The van der Waals surface area contributed by atoms with Crippen molar-refractivity contribution in [1.82, 2.24) is 9.97 Å². The van der Waals surface area contributed by atoms with Crippen LogP contribution in [0.4, 0.5) is 0 Å². The van der Waals surface area contributed by atoms with E-state index in [1.165, 1.54) is 0 Å². The minimum absolute atomic E-state index is 0.665. The normalized spacial score (nSPS) is 10.2. The fourth-order valence-corrected chi connectivity index (χ4v) is 1.33. The number of fused-ring (bicyclic) bond motifs is 1. The monoisotopic (exact) mass is 171 g/mol. The van der Waals surface area contributed by atoms with Gasteiger partial charge in [0, 0.05) is 17.8 Å². The highest BCUT2D eigenvalue weighted by Crippen LogP contribution is 2.16. The molecular weight excluding hydrogens is 162 g/mol. The number of hydrogen-bond donors (Lipinski definition) is 1. The van der Waals surface area contributed by atoms with Crippen LogP contribution in [0.25, 0.3) is 11.0 Å². The summed E-state index contributed by atoms with van der Waals surface area (Å²) in [5, 5.41) is 9.71. The zero-order chi connectivity index (χ0) is 9.26. The van der Waals surface area contributed by atoms with Gasteiger partial charge in [0.1, 0.15) is 11.7 Å². The van der Waals surface area contributed by atoms with Crippen molar-refractivity contribution in [3.05, 3.63) is 29.6 Å². The maximum absolute atomic E-state index is 8.79. The van der Waals surface area contributed by atoms with Gasteiger partial charge in [-0.05, 0) is 18.1 Å². The maximum atomic E-state index is 8.79. The topological polar surface area (TPSA) is 52.5 Å². The number of nitrogens with one attached hydrogen (secondary N) is 1. The molecule has 2 aromatic rings. The Morgan fingerprint density at radius 1 is 1.62 bits per heavy atom. The SMILES string of the molecule is CCc1cnc2[nH]cc(C#N)c2c1. The van der Waals surface area contributed by atoms with Gasteiger partial charge in [0.2, 0.25) is 0 Å². The molecule has 0 aliphatic carbocycles. The van der Waals surface area contributed by atoms with Crippen LogP contribution in [0, 0.1) is 11.3 Å². The molecule has 0 amide bonds. The summed E-state index contributed by atoms with van der Waals surface area (Å²) in [7, 11) is 0. The molecule has 64 valence electrons. The maximum Gasteiger partial charge on any atom is 0.138 e. The number of nitriles is 1. The van der Waals surface area contributed by atoms with Gasteiger partial charge in [-0.2, -0.15) is 5.26 Å². The van der Waals surface area contributed by atoms with Crippen molar-refractivity contribution in [2.45, 2.75) is 13.3 Å². The molecule has 0 atom stereocenters. The average molecular weight is 171 g/mol. The molecule has 0 aliphatic heterocycles. The zero-order valence-corrected chi connectivity index (χ0v) is 7.33. The highest BCUT2D eigenvalue weighted by Gasteiger charge is 2.03. The third kappa shape index (κ3) is 1.17. The van der Waals surface area contributed by atoms with Gasteiger partial charge in [-0.15, -0.1) is 0 Å². The standard InChI is InChI=1S/C10H9N3/c1-2-7-3-9-8(4-11)6-13-10(9)12-5-7/h3,5-6H,2H2,1H3,(H,12,13). The first-order valence-corrected chi connectivity index (χ1v) is 4.21. The van der Waals surface area contributed by atoms with E-state index in [0.717, 1.165) is 23.0 Å². The Kier molecular flexibility index (Phi) is 1.75. The third-order valence-corrected chi connectivity index (χ3v) is 2.12. The van der Waals surface area contributed by atoms with E-state index in [-0.39, 0.29) is 0 Å². The summed E-state index contributed by atoms with van der Waals surface area (Å²) in [6, 6.07) is 4.14. The van der Waals surface area contributed by atoms with Gasteiger partial charge < -0.3 is 4.98 Å². The number of pyridine rings is 1. The van der Waals surface area contributed by atoms with Crippen LogP contribution in [-0.2, 0) is 6.42 Å². The second-order valence-electron chi connectivity index (χ2n) is 2.91. The number of H-pyrrole nitrogens is 1. The molecule has 13 heavy (non-hydrogen) atoms. The molecular formula is C10H9N3. The first-order chi connectivity index (χ1) is 6.35. The number of aromatic amines is 1. The molecule has 0 spiro atoms. The molecule has 3 nitrogen and oxygen atoms in total. The van der Waals surface area contributed by atoms with Crippen LogP contribution in [0.3, 0.4) is 0 Å². The smallest absolute Gasteiger partial charge is 0.138 e. The number of rotatable bonds is 1. The average Bonchev–Trinajstić information content (AvgIpc) is 2.59. The second-order valence-corrected chi connectivity index (χ2v) is 2.91. The predicted molar refractivity (Wildman–Crippen MR) is 50.2 cm³/mol. The van der Waals surface area contributed by atoms with Gasteiger partial charge in [-0.25, -0.2) is 4.98 Å². The largest absolute Gasteiger partial charge is 0.345 e. The van der Waals surface area contributed by atoms with Gasteiger partial charge in [-0.1, -0.05) is 6.92 Å². The van der Waals surface area contributed by atoms with Gasteiger partial charge >= 0.3 is 0 Å². The number of aryl methyl sites for hydroxylation is 1. The van der Waals surface area contributed by atoms with E-state index < -0.39 is 0 Å². The van der Waals surface area contributed by atoms with E-state index in [9.17, 15) is 0 Å². The fraction of sp³-hybridized carbons (Fsp3) is 0.200. The Balaban J connectivity index is 2.73. The van der Waals surface area contributed by atoms with Gasteiger partial charge in [0.25, 0.3) is 0 Å². The summed E-state index contributed by atoms with van der Waals surface area (Å²) in [5.74, 6) is 0. The molecule has 0 aliphatic rings. The Labute approximate surface area is 76.0 Å². The highest BCUT2D eigenvalue weighted by molar-refractivity contribution is 5.82. The number of aromatic nitrogens is 2. The lowest BCUT2D eigenvalue weighted by molar-refractivity contribution is 1.12. The lowest BCUT2D eigenvalue weighted by Gasteiger charge is -1.94. The van der Waals surface area contributed by atoms with Crippen molar-refractivity contribution in [1.29, 1.82) is 5.26 Å². The zero-order valence-electron chi connectivity index (χ0n) is 7.33. The van der Waals surface area contributed by atoms with Crippen LogP contribution in [-0.4, -0.2) is 9.97 Å². The molecule has 0 fully saturated rings. The van der Waals surface area contributed by atoms with Crippen molar-refractivity contribution in [2.24, 2.45) is 0 Å². The summed E-state index contributed by atoms with van der Waals surface area (Å²) in [5.41, 5.74) is 2.61.